The first-order valence-electron chi connectivity index (χ1n) is 13.4. The normalized spacial score (nSPS) is 20.4. The van der Waals surface area contributed by atoms with E-state index in [0.29, 0.717) is 31.0 Å². The third-order valence-corrected chi connectivity index (χ3v) is 7.20. The molecule has 37 heavy (non-hydrogen) atoms. The zero-order valence-electron chi connectivity index (χ0n) is 22.3. The molecule has 4 rings (SSSR count). The van der Waals surface area contributed by atoms with Crippen LogP contribution >= 0.6 is 0 Å². The molecule has 198 valence electrons. The van der Waals surface area contributed by atoms with E-state index in [9.17, 15) is 14.7 Å². The van der Waals surface area contributed by atoms with Crippen molar-refractivity contribution in [2.45, 2.75) is 59.1 Å². The number of ketones is 1. The zero-order valence-corrected chi connectivity index (χ0v) is 22.3. The minimum Gasteiger partial charge on any atom is -0.507 e. The lowest BCUT2D eigenvalue weighted by atomic mass is 9.94. The highest BCUT2D eigenvalue weighted by molar-refractivity contribution is 6.46. The number of hydrogen-bond acceptors (Lipinski definition) is 6. The molecule has 1 amide bonds. The summed E-state index contributed by atoms with van der Waals surface area (Å²) in [5.41, 5.74) is 2.35. The number of likely N-dealkylation sites (tertiary alicyclic amines) is 1. The van der Waals surface area contributed by atoms with Crippen molar-refractivity contribution < 1.29 is 24.2 Å². The third kappa shape index (κ3) is 5.67. The lowest BCUT2D eigenvalue weighted by Crippen LogP contribution is -2.38. The first-order valence-corrected chi connectivity index (χ1v) is 13.4. The number of benzene rings is 2. The number of amides is 1. The molecule has 7 heteroatoms. The molecule has 0 aliphatic carbocycles. The summed E-state index contributed by atoms with van der Waals surface area (Å²) < 4.78 is 11.7. The Bertz CT molecular complexity index is 1170. The highest BCUT2D eigenvalue weighted by atomic mass is 16.5. The van der Waals surface area contributed by atoms with Crippen LogP contribution in [0.4, 0.5) is 0 Å². The summed E-state index contributed by atoms with van der Waals surface area (Å²) in [6.45, 7) is 11.6. The number of Topliss-reactive ketones (excluding diaryl/α,β-unsaturated/α-hetero) is 1. The van der Waals surface area contributed by atoms with Crippen molar-refractivity contribution in [3.8, 4) is 11.5 Å². The van der Waals surface area contributed by atoms with Crippen molar-refractivity contribution in [2.75, 3.05) is 32.8 Å². The van der Waals surface area contributed by atoms with Gasteiger partial charge in [-0.15, -0.1) is 0 Å². The van der Waals surface area contributed by atoms with Gasteiger partial charge in [-0.1, -0.05) is 39.3 Å². The largest absolute Gasteiger partial charge is 0.507 e. The maximum absolute atomic E-state index is 13.4. The van der Waals surface area contributed by atoms with Crippen LogP contribution in [0.5, 0.6) is 11.5 Å². The van der Waals surface area contributed by atoms with Crippen LogP contribution in [0.25, 0.3) is 5.76 Å². The van der Waals surface area contributed by atoms with Crippen molar-refractivity contribution in [1.29, 1.82) is 0 Å². The van der Waals surface area contributed by atoms with Crippen LogP contribution in [0.3, 0.4) is 0 Å². The van der Waals surface area contributed by atoms with Crippen LogP contribution in [0.1, 0.15) is 63.3 Å². The fraction of sp³-hybridized carbons (Fsp3) is 0.467. The van der Waals surface area contributed by atoms with Crippen molar-refractivity contribution in [3.63, 3.8) is 0 Å². The molecule has 1 N–H and O–H groups in total. The van der Waals surface area contributed by atoms with E-state index in [4.69, 9.17) is 9.47 Å². The Labute approximate surface area is 219 Å². The van der Waals surface area contributed by atoms with Gasteiger partial charge in [-0.2, -0.15) is 0 Å². The molecule has 0 radical (unpaired) electrons. The van der Waals surface area contributed by atoms with Crippen molar-refractivity contribution in [2.24, 2.45) is 0 Å². The molecule has 2 aromatic rings. The first kappa shape index (κ1) is 26.7. The van der Waals surface area contributed by atoms with Crippen LogP contribution in [0.15, 0.2) is 48.0 Å². The third-order valence-electron chi connectivity index (χ3n) is 7.20. The van der Waals surface area contributed by atoms with Crippen molar-refractivity contribution in [1.82, 2.24) is 9.80 Å². The molecule has 0 bridgehead atoms. The molecule has 2 aromatic carbocycles. The molecular weight excluding hydrogens is 468 g/mol. The smallest absolute Gasteiger partial charge is 0.295 e. The van der Waals surface area contributed by atoms with E-state index in [1.54, 1.807) is 11.0 Å². The molecule has 0 unspecified atom stereocenters. The SMILES string of the molecule is CCCCOc1cccc([C@@H]2/C(=C(\O)c3ccc4c(c3)C[C@H](C)O4)C(=O)C(=O)N2CCN(CC)CC)c1. The lowest BCUT2D eigenvalue weighted by molar-refractivity contribution is -0.140. The molecule has 1 saturated heterocycles. The van der Waals surface area contributed by atoms with Crippen LogP contribution in [0, 0.1) is 0 Å². The minimum absolute atomic E-state index is 0.0634. The molecule has 2 heterocycles. The van der Waals surface area contributed by atoms with Crippen molar-refractivity contribution in [3.05, 3.63) is 64.7 Å². The van der Waals surface area contributed by atoms with Gasteiger partial charge in [0.1, 0.15) is 23.4 Å². The second-order valence-electron chi connectivity index (χ2n) is 9.75. The first-order chi connectivity index (χ1) is 17.9. The Morgan fingerprint density at radius 3 is 2.65 bits per heavy atom. The fourth-order valence-electron chi connectivity index (χ4n) is 5.08. The van der Waals surface area contributed by atoms with Gasteiger partial charge in [0.05, 0.1) is 18.2 Å². The number of fused-ring (bicyclic) bond motifs is 1. The van der Waals surface area contributed by atoms with Gasteiger partial charge < -0.3 is 24.4 Å². The van der Waals surface area contributed by atoms with Crippen LogP contribution in [-0.2, 0) is 16.0 Å². The number of carbonyl (C=O) groups is 2. The Balaban J connectivity index is 1.76. The van der Waals surface area contributed by atoms with Gasteiger partial charge in [0.25, 0.3) is 11.7 Å². The Hall–Kier alpha value is -3.32. The summed E-state index contributed by atoms with van der Waals surface area (Å²) in [7, 11) is 0. The van der Waals surface area contributed by atoms with Crippen LogP contribution in [0.2, 0.25) is 0 Å². The van der Waals surface area contributed by atoms with E-state index in [1.165, 1.54) is 0 Å². The van der Waals surface area contributed by atoms with E-state index < -0.39 is 17.7 Å². The van der Waals surface area contributed by atoms with E-state index in [-0.39, 0.29) is 17.4 Å². The molecule has 0 aromatic heterocycles. The standard InChI is InChI=1S/C30H38N2O5/c1-5-8-16-36-24-11-9-10-21(19-24)27-26(29(34)30(35)32(27)15-14-31(6-2)7-3)28(33)22-12-13-25-23(18-22)17-20(4)37-25/h9-13,18-20,27,33H,5-8,14-17H2,1-4H3/b28-26+/t20-,27+/m0/s1. The predicted octanol–water partition coefficient (Wildman–Crippen LogP) is 4.95. The fourth-order valence-corrected chi connectivity index (χ4v) is 5.08. The quantitative estimate of drug-likeness (QED) is 0.201. The number of ether oxygens (including phenoxy) is 2. The average Bonchev–Trinajstić information content (AvgIpc) is 3.40. The predicted molar refractivity (Wildman–Crippen MR) is 144 cm³/mol. The molecule has 2 aliphatic heterocycles. The van der Waals surface area contributed by atoms with E-state index in [1.807, 2.05) is 43.3 Å². The van der Waals surface area contributed by atoms with Gasteiger partial charge in [-0.25, -0.2) is 0 Å². The summed E-state index contributed by atoms with van der Waals surface area (Å²) in [6.07, 6.45) is 2.76. The molecule has 1 fully saturated rings. The van der Waals surface area contributed by atoms with Gasteiger partial charge in [-0.3, -0.25) is 9.59 Å². The monoisotopic (exact) mass is 506 g/mol. The van der Waals surface area contributed by atoms with Crippen molar-refractivity contribution >= 4 is 17.4 Å². The number of rotatable bonds is 11. The highest BCUT2D eigenvalue weighted by Gasteiger charge is 2.46. The number of unbranched alkanes of at least 4 members (excludes halogenated alkanes) is 1. The Morgan fingerprint density at radius 2 is 1.92 bits per heavy atom. The number of carbonyl (C=O) groups excluding carboxylic acids is 2. The average molecular weight is 507 g/mol. The molecule has 2 atom stereocenters. The number of nitrogens with zero attached hydrogens (tertiary/aromatic N) is 2. The summed E-state index contributed by atoms with van der Waals surface area (Å²) in [6, 6.07) is 12.2. The van der Waals surface area contributed by atoms with Gasteiger partial charge in [0, 0.05) is 25.1 Å². The summed E-state index contributed by atoms with van der Waals surface area (Å²) in [5, 5.41) is 11.5. The van der Waals surface area contributed by atoms with E-state index >= 15 is 0 Å². The van der Waals surface area contributed by atoms with Gasteiger partial charge in [-0.05, 0) is 67.9 Å². The summed E-state index contributed by atoms with van der Waals surface area (Å²) in [5.74, 6) is 0.0630. The van der Waals surface area contributed by atoms with Crippen LogP contribution < -0.4 is 9.47 Å². The second kappa shape index (κ2) is 11.8. The molecule has 0 spiro atoms. The number of hydrogen-bond donors (Lipinski definition) is 1. The molecule has 0 saturated carbocycles. The second-order valence-corrected chi connectivity index (χ2v) is 9.75. The summed E-state index contributed by atoms with van der Waals surface area (Å²) in [4.78, 5) is 30.5. The van der Waals surface area contributed by atoms with Gasteiger partial charge >= 0.3 is 0 Å². The van der Waals surface area contributed by atoms with Crippen LogP contribution in [-0.4, -0.2) is 65.5 Å². The lowest BCUT2D eigenvalue weighted by Gasteiger charge is -2.28. The van der Waals surface area contributed by atoms with Gasteiger partial charge in [0.15, 0.2) is 0 Å². The number of likely N-dealkylation sites (N-methyl/N-ethyl adjacent to an activating group) is 1. The number of aliphatic hydroxyl groups is 1. The Kier molecular flexibility index (Phi) is 8.54. The maximum Gasteiger partial charge on any atom is 0.295 e. The molecule has 7 nitrogen and oxygen atoms in total. The Morgan fingerprint density at radius 1 is 1.14 bits per heavy atom. The summed E-state index contributed by atoms with van der Waals surface area (Å²) >= 11 is 0. The topological polar surface area (TPSA) is 79.3 Å². The molecule has 2 aliphatic rings. The molecular formula is C30H38N2O5. The van der Waals surface area contributed by atoms with E-state index in [2.05, 4.69) is 25.7 Å². The maximum atomic E-state index is 13.4. The van der Waals surface area contributed by atoms with Gasteiger partial charge in [0.2, 0.25) is 0 Å². The zero-order chi connectivity index (χ0) is 26.5. The number of aliphatic hydroxyl groups excluding tert-OH is 1. The van der Waals surface area contributed by atoms with E-state index in [0.717, 1.165) is 49.2 Å². The minimum atomic E-state index is -0.700. The highest BCUT2D eigenvalue weighted by Crippen LogP contribution is 2.41.